The second-order valence-electron chi connectivity index (χ2n) is 6.87. The maximum absolute atomic E-state index is 12.8. The van der Waals surface area contributed by atoms with Gasteiger partial charge in [0.15, 0.2) is 11.5 Å². The number of rotatable bonds is 10. The molecule has 29 heavy (non-hydrogen) atoms. The van der Waals surface area contributed by atoms with Gasteiger partial charge in [0.1, 0.15) is 0 Å². The minimum atomic E-state index is -0.259. The number of aryl methyl sites for hydroxylation is 1. The molecule has 0 atom stereocenters. The fraction of sp³-hybridized carbons (Fsp3) is 0.391. The zero-order chi connectivity index (χ0) is 21.2. The first-order valence-electron chi connectivity index (χ1n) is 9.96. The van der Waals surface area contributed by atoms with Crippen molar-refractivity contribution in [2.75, 3.05) is 32.1 Å². The van der Waals surface area contributed by atoms with Gasteiger partial charge in [-0.2, -0.15) is 0 Å². The molecule has 0 aromatic heterocycles. The molecule has 0 unspecified atom stereocenters. The molecule has 0 aliphatic carbocycles. The standard InChI is InChI=1S/C23H30N2O4/c1-5-7-14-29-20-13-10-18(15-21(20)28-6-2)23(27)25(4)16-22(26)24-19-11-8-17(3)9-12-19/h8-13,15H,5-7,14,16H2,1-4H3,(H,24,26). The van der Waals surface area contributed by atoms with Crippen LogP contribution in [-0.2, 0) is 4.79 Å². The van der Waals surface area contributed by atoms with E-state index in [2.05, 4.69) is 12.2 Å². The lowest BCUT2D eigenvalue weighted by Gasteiger charge is -2.18. The van der Waals surface area contributed by atoms with Crippen LogP contribution in [0.2, 0.25) is 0 Å². The maximum Gasteiger partial charge on any atom is 0.254 e. The Labute approximate surface area is 172 Å². The van der Waals surface area contributed by atoms with Gasteiger partial charge in [-0.15, -0.1) is 0 Å². The average molecular weight is 399 g/mol. The molecular formula is C23H30N2O4. The van der Waals surface area contributed by atoms with Crippen molar-refractivity contribution in [2.24, 2.45) is 0 Å². The molecular weight excluding hydrogens is 368 g/mol. The number of hydrogen-bond acceptors (Lipinski definition) is 4. The quantitative estimate of drug-likeness (QED) is 0.607. The minimum Gasteiger partial charge on any atom is -0.490 e. The summed E-state index contributed by atoms with van der Waals surface area (Å²) in [6.45, 7) is 6.98. The average Bonchev–Trinajstić information content (AvgIpc) is 2.70. The highest BCUT2D eigenvalue weighted by molar-refractivity contribution is 5.99. The Kier molecular flexibility index (Phi) is 8.52. The summed E-state index contributed by atoms with van der Waals surface area (Å²) in [7, 11) is 1.60. The third-order valence-corrected chi connectivity index (χ3v) is 4.31. The second kappa shape index (κ2) is 11.1. The Balaban J connectivity index is 2.02. The predicted octanol–water partition coefficient (Wildman–Crippen LogP) is 4.28. The summed E-state index contributed by atoms with van der Waals surface area (Å²) in [5, 5.41) is 2.80. The highest BCUT2D eigenvalue weighted by Gasteiger charge is 2.17. The lowest BCUT2D eigenvalue weighted by Crippen LogP contribution is -2.34. The van der Waals surface area contributed by atoms with Gasteiger partial charge in [-0.3, -0.25) is 9.59 Å². The number of benzene rings is 2. The molecule has 6 heteroatoms. The molecule has 0 radical (unpaired) electrons. The van der Waals surface area contributed by atoms with Crippen LogP contribution in [0.25, 0.3) is 0 Å². The zero-order valence-electron chi connectivity index (χ0n) is 17.7. The molecule has 0 saturated carbocycles. The molecule has 2 aromatic rings. The van der Waals surface area contributed by atoms with E-state index in [1.54, 1.807) is 25.2 Å². The zero-order valence-corrected chi connectivity index (χ0v) is 17.7. The van der Waals surface area contributed by atoms with Crippen LogP contribution in [-0.4, -0.2) is 43.5 Å². The summed E-state index contributed by atoms with van der Waals surface area (Å²) < 4.78 is 11.4. The van der Waals surface area contributed by atoms with E-state index in [-0.39, 0.29) is 18.4 Å². The van der Waals surface area contributed by atoms with Crippen LogP contribution >= 0.6 is 0 Å². The summed E-state index contributed by atoms with van der Waals surface area (Å²) in [5.41, 5.74) is 2.26. The van der Waals surface area contributed by atoms with E-state index in [9.17, 15) is 9.59 Å². The molecule has 1 N–H and O–H groups in total. The second-order valence-corrected chi connectivity index (χ2v) is 6.87. The van der Waals surface area contributed by atoms with Crippen LogP contribution in [0.5, 0.6) is 11.5 Å². The van der Waals surface area contributed by atoms with Crippen LogP contribution < -0.4 is 14.8 Å². The predicted molar refractivity (Wildman–Crippen MR) is 115 cm³/mol. The Morgan fingerprint density at radius 3 is 2.38 bits per heavy atom. The molecule has 0 saturated heterocycles. The molecule has 2 aromatic carbocycles. The minimum absolute atomic E-state index is 0.0502. The monoisotopic (exact) mass is 398 g/mol. The number of anilines is 1. The van der Waals surface area contributed by atoms with Gasteiger partial charge in [0, 0.05) is 18.3 Å². The summed E-state index contributed by atoms with van der Waals surface area (Å²) >= 11 is 0. The van der Waals surface area contributed by atoms with Crippen molar-refractivity contribution in [1.82, 2.24) is 4.90 Å². The first-order chi connectivity index (χ1) is 13.9. The topological polar surface area (TPSA) is 67.9 Å². The Morgan fingerprint density at radius 2 is 1.72 bits per heavy atom. The van der Waals surface area contributed by atoms with Crippen molar-refractivity contribution >= 4 is 17.5 Å². The molecule has 0 bridgehead atoms. The Hall–Kier alpha value is -3.02. The largest absolute Gasteiger partial charge is 0.490 e. The molecule has 6 nitrogen and oxygen atoms in total. The SMILES string of the molecule is CCCCOc1ccc(C(=O)N(C)CC(=O)Nc2ccc(C)cc2)cc1OCC. The van der Waals surface area contributed by atoms with Gasteiger partial charge < -0.3 is 19.7 Å². The molecule has 0 heterocycles. The van der Waals surface area contributed by atoms with Gasteiger partial charge >= 0.3 is 0 Å². The third kappa shape index (κ3) is 6.82. The molecule has 2 rings (SSSR count). The number of nitrogens with one attached hydrogen (secondary N) is 1. The number of hydrogen-bond donors (Lipinski definition) is 1. The molecule has 156 valence electrons. The van der Waals surface area contributed by atoms with E-state index in [1.807, 2.05) is 38.1 Å². The highest BCUT2D eigenvalue weighted by atomic mass is 16.5. The van der Waals surface area contributed by atoms with Crippen molar-refractivity contribution in [2.45, 2.75) is 33.6 Å². The number of amides is 2. The highest BCUT2D eigenvalue weighted by Crippen LogP contribution is 2.29. The first kappa shape index (κ1) is 22.3. The summed E-state index contributed by atoms with van der Waals surface area (Å²) in [5.74, 6) is 0.642. The van der Waals surface area contributed by atoms with Gasteiger partial charge in [0.25, 0.3) is 5.91 Å². The summed E-state index contributed by atoms with van der Waals surface area (Å²) in [4.78, 5) is 26.4. The number of ether oxygens (including phenoxy) is 2. The van der Waals surface area contributed by atoms with E-state index in [0.29, 0.717) is 36.0 Å². The van der Waals surface area contributed by atoms with Crippen molar-refractivity contribution in [3.63, 3.8) is 0 Å². The molecule has 2 amide bonds. The van der Waals surface area contributed by atoms with E-state index in [1.165, 1.54) is 4.90 Å². The van der Waals surface area contributed by atoms with Crippen molar-refractivity contribution in [3.05, 3.63) is 53.6 Å². The third-order valence-electron chi connectivity index (χ3n) is 4.31. The van der Waals surface area contributed by atoms with Gasteiger partial charge in [-0.25, -0.2) is 0 Å². The van der Waals surface area contributed by atoms with Crippen LogP contribution in [0.15, 0.2) is 42.5 Å². The smallest absolute Gasteiger partial charge is 0.254 e. The molecule has 0 fully saturated rings. The number of nitrogens with zero attached hydrogens (tertiary/aromatic N) is 1. The van der Waals surface area contributed by atoms with Crippen molar-refractivity contribution in [1.29, 1.82) is 0 Å². The van der Waals surface area contributed by atoms with E-state index in [0.717, 1.165) is 18.4 Å². The number of unbranched alkanes of at least 4 members (excludes halogenated alkanes) is 1. The van der Waals surface area contributed by atoms with Crippen LogP contribution in [0.4, 0.5) is 5.69 Å². The van der Waals surface area contributed by atoms with Crippen molar-refractivity contribution < 1.29 is 19.1 Å². The molecule has 0 aliphatic heterocycles. The Morgan fingerprint density at radius 1 is 1.00 bits per heavy atom. The van der Waals surface area contributed by atoms with Gasteiger partial charge in [-0.1, -0.05) is 31.0 Å². The maximum atomic E-state index is 12.8. The van der Waals surface area contributed by atoms with Crippen LogP contribution in [0.3, 0.4) is 0 Å². The number of carbonyl (C=O) groups is 2. The first-order valence-corrected chi connectivity index (χ1v) is 9.96. The Bertz CT molecular complexity index is 818. The van der Waals surface area contributed by atoms with E-state index >= 15 is 0 Å². The van der Waals surface area contributed by atoms with E-state index in [4.69, 9.17) is 9.47 Å². The van der Waals surface area contributed by atoms with Crippen LogP contribution in [0, 0.1) is 6.92 Å². The van der Waals surface area contributed by atoms with Crippen molar-refractivity contribution in [3.8, 4) is 11.5 Å². The van der Waals surface area contributed by atoms with Crippen LogP contribution in [0.1, 0.15) is 42.6 Å². The fourth-order valence-corrected chi connectivity index (χ4v) is 2.70. The molecule has 0 spiro atoms. The van der Waals surface area contributed by atoms with E-state index < -0.39 is 0 Å². The number of carbonyl (C=O) groups excluding carboxylic acids is 2. The lowest BCUT2D eigenvalue weighted by molar-refractivity contribution is -0.116. The fourth-order valence-electron chi connectivity index (χ4n) is 2.70. The van der Waals surface area contributed by atoms with Gasteiger partial charge in [0.05, 0.1) is 19.8 Å². The summed E-state index contributed by atoms with van der Waals surface area (Å²) in [6, 6.07) is 12.6. The summed E-state index contributed by atoms with van der Waals surface area (Å²) in [6.07, 6.45) is 1.99. The number of likely N-dealkylation sites (N-methyl/N-ethyl adjacent to an activating group) is 1. The molecule has 0 aliphatic rings. The lowest BCUT2D eigenvalue weighted by atomic mass is 10.1. The van der Waals surface area contributed by atoms with Gasteiger partial charge in [-0.05, 0) is 50.6 Å². The normalized spacial score (nSPS) is 10.3. The van der Waals surface area contributed by atoms with Gasteiger partial charge in [0.2, 0.25) is 5.91 Å².